The molecule has 4 fully saturated rings. The van der Waals surface area contributed by atoms with Gasteiger partial charge in [-0.25, -0.2) is 0 Å². The lowest BCUT2D eigenvalue weighted by molar-refractivity contribution is -0.105. The third-order valence-corrected chi connectivity index (χ3v) is 8.96. The molecule has 2 heteroatoms. The molecule has 0 spiro atoms. The second-order valence-corrected chi connectivity index (χ2v) is 10.1. The lowest BCUT2D eigenvalue weighted by Gasteiger charge is -2.57. The molecule has 1 unspecified atom stereocenters. The van der Waals surface area contributed by atoms with Crippen molar-refractivity contribution in [2.75, 3.05) is 0 Å². The van der Waals surface area contributed by atoms with Crippen LogP contribution in [0.2, 0.25) is 0 Å². The van der Waals surface area contributed by atoms with E-state index in [4.69, 9.17) is 0 Å². The number of aliphatic hydroxyl groups excluding tert-OH is 1. The van der Waals surface area contributed by atoms with Crippen LogP contribution in [-0.2, 0) is 0 Å². The Labute approximate surface area is 147 Å². The topological polar surface area (TPSA) is 40.5 Å². The van der Waals surface area contributed by atoms with E-state index in [2.05, 4.69) is 13.5 Å². The van der Waals surface area contributed by atoms with Crippen molar-refractivity contribution in [3.05, 3.63) is 12.7 Å². The van der Waals surface area contributed by atoms with Gasteiger partial charge in [0.05, 0.1) is 11.7 Å². The van der Waals surface area contributed by atoms with Crippen LogP contribution in [0.25, 0.3) is 0 Å². The predicted octanol–water partition coefficient (Wildman–Crippen LogP) is 4.55. The Balaban J connectivity index is 1.54. The highest BCUT2D eigenvalue weighted by Gasteiger charge is 2.58. The molecular formula is C22H36O2. The maximum Gasteiger partial charge on any atom is 0.0751 e. The van der Waals surface area contributed by atoms with E-state index < -0.39 is 5.60 Å². The number of fused-ring (bicyclic) bond motifs is 5. The molecule has 0 aliphatic heterocycles. The summed E-state index contributed by atoms with van der Waals surface area (Å²) in [5.74, 6) is 4.60. The van der Waals surface area contributed by atoms with Crippen LogP contribution < -0.4 is 0 Å². The summed E-state index contributed by atoms with van der Waals surface area (Å²) in [7, 11) is 0. The van der Waals surface area contributed by atoms with E-state index in [9.17, 15) is 10.2 Å². The Morgan fingerprint density at radius 1 is 0.958 bits per heavy atom. The molecule has 0 aromatic rings. The van der Waals surface area contributed by atoms with Crippen molar-refractivity contribution in [3.8, 4) is 0 Å². The quantitative estimate of drug-likeness (QED) is 0.728. The zero-order valence-electron chi connectivity index (χ0n) is 15.6. The fourth-order valence-electron chi connectivity index (χ4n) is 7.85. The number of aliphatic hydroxyl groups is 2. The molecule has 4 saturated carbocycles. The summed E-state index contributed by atoms with van der Waals surface area (Å²) in [5.41, 5.74) is -0.0918. The van der Waals surface area contributed by atoms with Gasteiger partial charge in [-0.15, -0.1) is 6.58 Å². The van der Waals surface area contributed by atoms with Gasteiger partial charge in [-0.05, 0) is 106 Å². The van der Waals surface area contributed by atoms with Crippen LogP contribution in [-0.4, -0.2) is 21.9 Å². The molecule has 2 nitrogen and oxygen atoms in total. The van der Waals surface area contributed by atoms with Crippen molar-refractivity contribution < 1.29 is 10.2 Å². The molecular weight excluding hydrogens is 296 g/mol. The standard InChI is InChI=1S/C22H36O2/c1-4-20(23)19-8-7-18-17-6-5-14-13-21(2,24)11-9-15(14)16(17)10-12-22(18,19)3/h4,14-20,23-24H,1,5-13H2,2-3H3/t14-,15-,16+,17+,18-,19+,20?,21+,22-/m0/s1. The number of hydrogen-bond donors (Lipinski definition) is 2. The minimum atomic E-state index is -0.413. The van der Waals surface area contributed by atoms with Gasteiger partial charge in [0.25, 0.3) is 0 Å². The van der Waals surface area contributed by atoms with E-state index in [0.717, 1.165) is 42.4 Å². The molecule has 0 heterocycles. The van der Waals surface area contributed by atoms with Crippen LogP contribution in [0.1, 0.15) is 71.6 Å². The zero-order chi connectivity index (χ0) is 17.1. The number of rotatable bonds is 2. The molecule has 0 aromatic carbocycles. The van der Waals surface area contributed by atoms with Crippen LogP contribution in [0.3, 0.4) is 0 Å². The van der Waals surface area contributed by atoms with Gasteiger partial charge in [-0.1, -0.05) is 13.0 Å². The van der Waals surface area contributed by atoms with Gasteiger partial charge >= 0.3 is 0 Å². The van der Waals surface area contributed by atoms with Crippen molar-refractivity contribution in [1.82, 2.24) is 0 Å². The van der Waals surface area contributed by atoms with Crippen LogP contribution >= 0.6 is 0 Å². The average Bonchev–Trinajstić information content (AvgIpc) is 2.90. The molecule has 9 atom stereocenters. The Bertz CT molecular complexity index is 498. The van der Waals surface area contributed by atoms with Gasteiger partial charge in [-0.3, -0.25) is 0 Å². The Morgan fingerprint density at radius 3 is 2.46 bits per heavy atom. The van der Waals surface area contributed by atoms with E-state index in [0.29, 0.717) is 11.3 Å². The summed E-state index contributed by atoms with van der Waals surface area (Å²) >= 11 is 0. The van der Waals surface area contributed by atoms with E-state index in [-0.39, 0.29) is 6.10 Å². The second kappa shape index (κ2) is 5.84. The molecule has 0 bridgehead atoms. The Hall–Kier alpha value is -0.340. The maximum atomic E-state index is 10.5. The first-order chi connectivity index (χ1) is 11.4. The van der Waals surface area contributed by atoms with Gasteiger partial charge in [0, 0.05) is 0 Å². The predicted molar refractivity (Wildman–Crippen MR) is 97.4 cm³/mol. The molecule has 136 valence electrons. The summed E-state index contributed by atoms with van der Waals surface area (Å²) in [6.45, 7) is 8.36. The largest absolute Gasteiger partial charge is 0.390 e. The molecule has 0 saturated heterocycles. The third-order valence-electron chi connectivity index (χ3n) is 8.96. The average molecular weight is 333 g/mol. The normalized spacial score (nSPS) is 55.2. The van der Waals surface area contributed by atoms with Crippen LogP contribution in [0.5, 0.6) is 0 Å². The molecule has 24 heavy (non-hydrogen) atoms. The van der Waals surface area contributed by atoms with E-state index in [1.54, 1.807) is 6.08 Å². The van der Waals surface area contributed by atoms with Gasteiger partial charge in [0.15, 0.2) is 0 Å². The molecule has 0 aromatic heterocycles. The van der Waals surface area contributed by atoms with Gasteiger partial charge in [-0.2, -0.15) is 0 Å². The Kier molecular flexibility index (Phi) is 4.16. The van der Waals surface area contributed by atoms with Gasteiger partial charge in [0.2, 0.25) is 0 Å². The summed E-state index contributed by atoms with van der Waals surface area (Å²) in [6.07, 6.45) is 12.5. The van der Waals surface area contributed by atoms with Crippen molar-refractivity contribution in [3.63, 3.8) is 0 Å². The van der Waals surface area contributed by atoms with Crippen molar-refractivity contribution >= 4 is 0 Å². The lowest BCUT2D eigenvalue weighted by Crippen LogP contribution is -2.51. The number of hydrogen-bond acceptors (Lipinski definition) is 2. The fraction of sp³-hybridized carbons (Fsp3) is 0.909. The summed E-state index contributed by atoms with van der Waals surface area (Å²) in [4.78, 5) is 0. The monoisotopic (exact) mass is 332 g/mol. The van der Waals surface area contributed by atoms with E-state index >= 15 is 0 Å². The SMILES string of the molecule is C=CC(O)[C@H]1CC[C@H]2[C@@H]3CC[C@H]4C[C@](C)(O)CC[C@@H]4[C@H]3CC[C@]12C. The zero-order valence-corrected chi connectivity index (χ0v) is 15.6. The van der Waals surface area contributed by atoms with Crippen LogP contribution in [0.4, 0.5) is 0 Å². The van der Waals surface area contributed by atoms with E-state index in [1.807, 2.05) is 6.92 Å². The van der Waals surface area contributed by atoms with Gasteiger partial charge in [0.1, 0.15) is 0 Å². The minimum absolute atomic E-state index is 0.321. The fourth-order valence-corrected chi connectivity index (χ4v) is 7.85. The molecule has 0 amide bonds. The third kappa shape index (κ3) is 2.51. The van der Waals surface area contributed by atoms with E-state index in [1.165, 1.54) is 44.9 Å². The highest BCUT2D eigenvalue weighted by Crippen LogP contribution is 2.65. The second-order valence-electron chi connectivity index (χ2n) is 10.1. The summed E-state index contributed by atoms with van der Waals surface area (Å²) < 4.78 is 0. The maximum absolute atomic E-state index is 10.5. The summed E-state index contributed by atoms with van der Waals surface area (Å²) in [6, 6.07) is 0. The highest BCUT2D eigenvalue weighted by atomic mass is 16.3. The molecule has 0 radical (unpaired) electrons. The lowest BCUT2D eigenvalue weighted by atomic mass is 9.49. The molecule has 4 aliphatic rings. The first kappa shape index (κ1) is 17.1. The van der Waals surface area contributed by atoms with Crippen LogP contribution in [0, 0.1) is 40.9 Å². The summed E-state index contributed by atoms with van der Waals surface area (Å²) in [5, 5.41) is 20.9. The Morgan fingerprint density at radius 2 is 1.71 bits per heavy atom. The first-order valence-electron chi connectivity index (χ1n) is 10.4. The van der Waals surface area contributed by atoms with Crippen molar-refractivity contribution in [1.29, 1.82) is 0 Å². The van der Waals surface area contributed by atoms with Crippen molar-refractivity contribution in [2.45, 2.75) is 83.3 Å². The molecule has 2 N–H and O–H groups in total. The van der Waals surface area contributed by atoms with Crippen LogP contribution in [0.15, 0.2) is 12.7 Å². The highest BCUT2D eigenvalue weighted by molar-refractivity contribution is 5.09. The molecule has 4 rings (SSSR count). The minimum Gasteiger partial charge on any atom is -0.390 e. The van der Waals surface area contributed by atoms with Gasteiger partial charge < -0.3 is 10.2 Å². The smallest absolute Gasteiger partial charge is 0.0751 e. The van der Waals surface area contributed by atoms with Crippen molar-refractivity contribution in [2.24, 2.45) is 40.9 Å². The first-order valence-corrected chi connectivity index (χ1v) is 10.4. The molecule has 4 aliphatic carbocycles.